The van der Waals surface area contributed by atoms with Gasteiger partial charge in [0.15, 0.2) is 0 Å². The van der Waals surface area contributed by atoms with E-state index in [4.69, 9.17) is 10.6 Å². The van der Waals surface area contributed by atoms with Gasteiger partial charge < -0.3 is 4.74 Å². The van der Waals surface area contributed by atoms with Crippen LogP contribution in [0.4, 0.5) is 8.78 Å². The van der Waals surface area contributed by atoms with Crippen LogP contribution >= 0.6 is 0 Å². The summed E-state index contributed by atoms with van der Waals surface area (Å²) in [6.07, 6.45) is 0. The molecule has 2 aromatic carbocycles. The van der Waals surface area contributed by atoms with Gasteiger partial charge in [-0.2, -0.15) is 0 Å². The largest absolute Gasteiger partial charge is 0.496 e. The van der Waals surface area contributed by atoms with Gasteiger partial charge in [-0.15, -0.1) is 0 Å². The summed E-state index contributed by atoms with van der Waals surface area (Å²) >= 11 is 0. The van der Waals surface area contributed by atoms with E-state index in [0.29, 0.717) is 11.3 Å². The van der Waals surface area contributed by atoms with E-state index >= 15 is 0 Å². The van der Waals surface area contributed by atoms with Crippen molar-refractivity contribution in [1.29, 1.82) is 0 Å². The molecule has 0 saturated carbocycles. The van der Waals surface area contributed by atoms with Crippen LogP contribution in [0.15, 0.2) is 30.3 Å². The Bertz CT molecular complexity index is 659. The van der Waals surface area contributed by atoms with Crippen LogP contribution in [0.2, 0.25) is 0 Å². The van der Waals surface area contributed by atoms with E-state index < -0.39 is 17.7 Å². The predicted molar refractivity (Wildman–Crippen MR) is 78.0 cm³/mol. The molecular formula is C16H18F2N2O. The van der Waals surface area contributed by atoms with E-state index in [2.05, 4.69) is 5.43 Å². The maximum absolute atomic E-state index is 14.0. The zero-order valence-corrected chi connectivity index (χ0v) is 12.2. The second kappa shape index (κ2) is 6.20. The summed E-state index contributed by atoms with van der Waals surface area (Å²) in [4.78, 5) is 0. The molecule has 1 unspecified atom stereocenters. The maximum Gasteiger partial charge on any atom is 0.128 e. The van der Waals surface area contributed by atoms with Crippen LogP contribution in [0.3, 0.4) is 0 Å². The zero-order chi connectivity index (χ0) is 15.6. The summed E-state index contributed by atoms with van der Waals surface area (Å²) in [6, 6.07) is 6.38. The lowest BCUT2D eigenvalue weighted by Gasteiger charge is -2.22. The zero-order valence-electron chi connectivity index (χ0n) is 12.2. The molecular weight excluding hydrogens is 274 g/mol. The van der Waals surface area contributed by atoms with Crippen molar-refractivity contribution in [3.8, 4) is 5.75 Å². The van der Waals surface area contributed by atoms with Gasteiger partial charge in [0, 0.05) is 11.1 Å². The monoisotopic (exact) mass is 292 g/mol. The Hall–Kier alpha value is -1.98. The van der Waals surface area contributed by atoms with Crippen molar-refractivity contribution in [3.05, 3.63) is 64.2 Å². The number of nitrogens with two attached hydrogens (primary N) is 1. The molecule has 0 aliphatic carbocycles. The smallest absolute Gasteiger partial charge is 0.128 e. The van der Waals surface area contributed by atoms with E-state index in [-0.39, 0.29) is 5.56 Å². The lowest BCUT2D eigenvalue weighted by molar-refractivity contribution is 0.402. The first kappa shape index (κ1) is 15.4. The van der Waals surface area contributed by atoms with Crippen LogP contribution in [0, 0.1) is 25.5 Å². The van der Waals surface area contributed by atoms with Crippen LogP contribution in [-0.4, -0.2) is 7.11 Å². The topological polar surface area (TPSA) is 47.3 Å². The van der Waals surface area contributed by atoms with Crippen molar-refractivity contribution in [1.82, 2.24) is 5.43 Å². The van der Waals surface area contributed by atoms with E-state index in [1.54, 1.807) is 0 Å². The van der Waals surface area contributed by atoms with Crippen LogP contribution in [0.5, 0.6) is 5.75 Å². The molecule has 0 aliphatic heterocycles. The Morgan fingerprint density at radius 2 is 1.86 bits per heavy atom. The number of halogens is 2. The minimum Gasteiger partial charge on any atom is -0.496 e. The Labute approximate surface area is 122 Å². The third-order valence-electron chi connectivity index (χ3n) is 3.44. The molecule has 0 aromatic heterocycles. The van der Waals surface area contributed by atoms with Gasteiger partial charge in [-0.3, -0.25) is 5.84 Å². The van der Waals surface area contributed by atoms with Gasteiger partial charge in [-0.25, -0.2) is 14.2 Å². The van der Waals surface area contributed by atoms with E-state index in [9.17, 15) is 8.78 Å². The molecule has 3 N–H and O–H groups in total. The summed E-state index contributed by atoms with van der Waals surface area (Å²) in [6.45, 7) is 3.82. The maximum atomic E-state index is 14.0. The highest BCUT2D eigenvalue weighted by molar-refractivity contribution is 5.48. The van der Waals surface area contributed by atoms with Crippen LogP contribution < -0.4 is 16.0 Å². The van der Waals surface area contributed by atoms with Crippen molar-refractivity contribution < 1.29 is 13.5 Å². The van der Waals surface area contributed by atoms with Crippen molar-refractivity contribution in [2.75, 3.05) is 7.11 Å². The highest BCUT2D eigenvalue weighted by Gasteiger charge is 2.23. The van der Waals surface area contributed by atoms with Crippen LogP contribution in [0.1, 0.15) is 28.3 Å². The first-order chi connectivity index (χ1) is 9.97. The Morgan fingerprint density at radius 3 is 2.48 bits per heavy atom. The highest BCUT2D eigenvalue weighted by atomic mass is 19.1. The number of methoxy groups -OCH3 is 1. The molecule has 112 valence electrons. The van der Waals surface area contributed by atoms with Crippen LogP contribution in [-0.2, 0) is 0 Å². The number of hydrazine groups is 1. The summed E-state index contributed by atoms with van der Waals surface area (Å²) in [7, 11) is 1.53. The van der Waals surface area contributed by atoms with Crippen molar-refractivity contribution >= 4 is 0 Å². The lowest BCUT2D eigenvalue weighted by atomic mass is 9.93. The van der Waals surface area contributed by atoms with Gasteiger partial charge in [-0.1, -0.05) is 6.07 Å². The summed E-state index contributed by atoms with van der Waals surface area (Å²) < 4.78 is 32.8. The van der Waals surface area contributed by atoms with Gasteiger partial charge in [0.25, 0.3) is 0 Å². The second-order valence-electron chi connectivity index (χ2n) is 4.96. The highest BCUT2D eigenvalue weighted by Crippen LogP contribution is 2.34. The van der Waals surface area contributed by atoms with Gasteiger partial charge >= 0.3 is 0 Å². The predicted octanol–water partition coefficient (Wildman–Crippen LogP) is 3.14. The molecule has 0 aliphatic rings. The van der Waals surface area contributed by atoms with Crippen molar-refractivity contribution in [3.63, 3.8) is 0 Å². The van der Waals surface area contributed by atoms with E-state index in [1.807, 2.05) is 26.0 Å². The van der Waals surface area contributed by atoms with Gasteiger partial charge in [-0.05, 0) is 49.2 Å². The molecule has 2 aromatic rings. The number of aryl methyl sites for hydroxylation is 2. The molecule has 0 amide bonds. The Balaban J connectivity index is 2.64. The average Bonchev–Trinajstić information content (AvgIpc) is 2.44. The molecule has 0 saturated heterocycles. The standard InChI is InChI=1S/C16H18F2N2O/c1-9-6-10(2)15(14(7-9)21-3)16(20-19)12-8-11(17)4-5-13(12)18/h4-8,16,20H,19H2,1-3H3. The summed E-state index contributed by atoms with van der Waals surface area (Å²) in [5.74, 6) is 5.13. The molecule has 0 spiro atoms. The first-order valence-electron chi connectivity index (χ1n) is 6.54. The number of rotatable bonds is 4. The van der Waals surface area contributed by atoms with Gasteiger partial charge in [0.2, 0.25) is 0 Å². The number of ether oxygens (including phenoxy) is 1. The fraction of sp³-hybridized carbons (Fsp3) is 0.250. The third kappa shape index (κ3) is 3.04. The molecule has 1 atom stereocenters. The number of hydrogen-bond acceptors (Lipinski definition) is 3. The van der Waals surface area contributed by atoms with Crippen molar-refractivity contribution in [2.24, 2.45) is 5.84 Å². The van der Waals surface area contributed by atoms with Gasteiger partial charge in [0.05, 0.1) is 13.2 Å². The molecule has 5 heteroatoms. The third-order valence-corrected chi connectivity index (χ3v) is 3.44. The Kier molecular flexibility index (Phi) is 4.55. The molecule has 0 bridgehead atoms. The molecule has 2 rings (SSSR count). The molecule has 0 fully saturated rings. The molecule has 21 heavy (non-hydrogen) atoms. The minimum atomic E-state index is -0.698. The van der Waals surface area contributed by atoms with E-state index in [1.165, 1.54) is 7.11 Å². The van der Waals surface area contributed by atoms with E-state index in [0.717, 1.165) is 29.3 Å². The van der Waals surface area contributed by atoms with Crippen LogP contribution in [0.25, 0.3) is 0 Å². The summed E-state index contributed by atoms with van der Waals surface area (Å²) in [5.41, 5.74) is 5.29. The Morgan fingerprint density at radius 1 is 1.14 bits per heavy atom. The second-order valence-corrected chi connectivity index (χ2v) is 4.96. The molecule has 3 nitrogen and oxygen atoms in total. The SMILES string of the molecule is COc1cc(C)cc(C)c1C(NN)c1cc(F)ccc1F. The summed E-state index contributed by atoms with van der Waals surface area (Å²) in [5, 5.41) is 0. The number of nitrogens with one attached hydrogen (secondary N) is 1. The fourth-order valence-electron chi connectivity index (χ4n) is 2.54. The quantitative estimate of drug-likeness (QED) is 0.672. The number of benzene rings is 2. The molecule has 0 heterocycles. The fourth-order valence-corrected chi connectivity index (χ4v) is 2.54. The number of hydrogen-bond donors (Lipinski definition) is 2. The average molecular weight is 292 g/mol. The normalized spacial score (nSPS) is 12.3. The minimum absolute atomic E-state index is 0.141. The van der Waals surface area contributed by atoms with Gasteiger partial charge in [0.1, 0.15) is 17.4 Å². The first-order valence-corrected chi connectivity index (χ1v) is 6.54. The van der Waals surface area contributed by atoms with Crippen molar-refractivity contribution in [2.45, 2.75) is 19.9 Å². The molecule has 0 radical (unpaired) electrons. The lowest BCUT2D eigenvalue weighted by Crippen LogP contribution is -2.30.